The SMILES string of the molecule is CCC(C#N)c1cccc(C(F)(F)C2CC2)c1. The second kappa shape index (κ2) is 4.44. The molecule has 1 atom stereocenters. The monoisotopic (exact) mass is 235 g/mol. The van der Waals surface area contributed by atoms with Crippen LogP contribution in [0.2, 0.25) is 0 Å². The lowest BCUT2D eigenvalue weighted by Crippen LogP contribution is -2.16. The Labute approximate surface area is 100 Å². The summed E-state index contributed by atoms with van der Waals surface area (Å²) >= 11 is 0. The number of hydrogen-bond donors (Lipinski definition) is 0. The highest BCUT2D eigenvalue weighted by atomic mass is 19.3. The lowest BCUT2D eigenvalue weighted by molar-refractivity contribution is -0.0286. The van der Waals surface area contributed by atoms with Crippen LogP contribution in [0.4, 0.5) is 8.78 Å². The number of alkyl halides is 2. The minimum Gasteiger partial charge on any atom is -0.201 e. The third kappa shape index (κ3) is 2.31. The summed E-state index contributed by atoms with van der Waals surface area (Å²) in [5.41, 5.74) is 0.763. The molecule has 90 valence electrons. The first-order valence-electron chi connectivity index (χ1n) is 5.97. The van der Waals surface area contributed by atoms with Crippen molar-refractivity contribution >= 4 is 0 Å². The van der Waals surface area contributed by atoms with Crippen molar-refractivity contribution in [2.75, 3.05) is 0 Å². The van der Waals surface area contributed by atoms with Crippen LogP contribution in [0.5, 0.6) is 0 Å². The number of benzene rings is 1. The zero-order valence-electron chi connectivity index (χ0n) is 9.79. The van der Waals surface area contributed by atoms with Gasteiger partial charge in [-0.1, -0.05) is 25.1 Å². The van der Waals surface area contributed by atoms with E-state index >= 15 is 0 Å². The summed E-state index contributed by atoms with van der Waals surface area (Å²) in [5, 5.41) is 8.96. The van der Waals surface area contributed by atoms with Gasteiger partial charge in [-0.2, -0.15) is 5.26 Å². The first-order valence-corrected chi connectivity index (χ1v) is 5.97. The Morgan fingerprint density at radius 1 is 1.47 bits per heavy atom. The molecule has 1 aromatic rings. The van der Waals surface area contributed by atoms with Gasteiger partial charge >= 0.3 is 0 Å². The van der Waals surface area contributed by atoms with E-state index in [-0.39, 0.29) is 11.5 Å². The molecule has 17 heavy (non-hydrogen) atoms. The quantitative estimate of drug-likeness (QED) is 0.767. The van der Waals surface area contributed by atoms with Crippen molar-refractivity contribution in [3.8, 4) is 6.07 Å². The van der Waals surface area contributed by atoms with Crippen molar-refractivity contribution in [2.45, 2.75) is 38.0 Å². The van der Waals surface area contributed by atoms with Crippen LogP contribution in [-0.2, 0) is 5.92 Å². The summed E-state index contributed by atoms with van der Waals surface area (Å²) in [5.74, 6) is -3.52. The first kappa shape index (κ1) is 12.0. The molecule has 0 radical (unpaired) electrons. The van der Waals surface area contributed by atoms with Gasteiger partial charge in [-0.25, -0.2) is 8.78 Å². The second-order valence-corrected chi connectivity index (χ2v) is 4.61. The summed E-state index contributed by atoms with van der Waals surface area (Å²) < 4.78 is 27.8. The Kier molecular flexibility index (Phi) is 3.15. The van der Waals surface area contributed by atoms with Crippen LogP contribution in [0, 0.1) is 17.2 Å². The molecule has 1 aromatic carbocycles. The van der Waals surface area contributed by atoms with E-state index < -0.39 is 11.8 Å². The molecule has 0 spiro atoms. The molecule has 0 aliphatic heterocycles. The Morgan fingerprint density at radius 2 is 2.18 bits per heavy atom. The van der Waals surface area contributed by atoms with Gasteiger partial charge in [0.1, 0.15) is 0 Å². The normalized spacial score (nSPS) is 17.5. The van der Waals surface area contributed by atoms with Crippen LogP contribution in [0.15, 0.2) is 24.3 Å². The van der Waals surface area contributed by atoms with E-state index in [0.29, 0.717) is 24.8 Å². The second-order valence-electron chi connectivity index (χ2n) is 4.61. The summed E-state index contributed by atoms with van der Waals surface area (Å²) in [6.07, 6.45) is 1.86. The van der Waals surface area contributed by atoms with Gasteiger partial charge in [0, 0.05) is 11.5 Å². The van der Waals surface area contributed by atoms with E-state index in [1.807, 2.05) is 6.92 Å². The molecule has 2 rings (SSSR count). The Balaban J connectivity index is 2.31. The smallest absolute Gasteiger partial charge is 0.201 e. The Hall–Kier alpha value is -1.43. The lowest BCUT2D eigenvalue weighted by Gasteiger charge is -2.17. The van der Waals surface area contributed by atoms with Crippen molar-refractivity contribution < 1.29 is 8.78 Å². The lowest BCUT2D eigenvalue weighted by atomic mass is 9.94. The maximum absolute atomic E-state index is 13.9. The molecule has 1 saturated carbocycles. The molecule has 0 bridgehead atoms. The maximum Gasteiger partial charge on any atom is 0.276 e. The summed E-state index contributed by atoms with van der Waals surface area (Å²) in [7, 11) is 0. The summed E-state index contributed by atoms with van der Waals surface area (Å²) in [6, 6.07) is 8.49. The molecule has 1 unspecified atom stereocenters. The minimum atomic E-state index is -2.73. The number of nitriles is 1. The van der Waals surface area contributed by atoms with Gasteiger partial charge in [0.25, 0.3) is 5.92 Å². The molecule has 0 heterocycles. The minimum absolute atomic E-state index is 0.0613. The van der Waals surface area contributed by atoms with E-state index in [2.05, 4.69) is 6.07 Å². The topological polar surface area (TPSA) is 23.8 Å². The zero-order valence-corrected chi connectivity index (χ0v) is 9.79. The van der Waals surface area contributed by atoms with Crippen LogP contribution in [0.3, 0.4) is 0 Å². The van der Waals surface area contributed by atoms with E-state index in [4.69, 9.17) is 5.26 Å². The molecule has 1 nitrogen and oxygen atoms in total. The van der Waals surface area contributed by atoms with Crippen molar-refractivity contribution in [1.29, 1.82) is 5.26 Å². The average Bonchev–Trinajstić information content (AvgIpc) is 3.15. The third-order valence-corrected chi connectivity index (χ3v) is 3.33. The number of hydrogen-bond acceptors (Lipinski definition) is 1. The molecule has 0 aromatic heterocycles. The highest BCUT2D eigenvalue weighted by molar-refractivity contribution is 5.32. The van der Waals surface area contributed by atoms with E-state index in [0.717, 1.165) is 0 Å². The standard InChI is InChI=1S/C14H15F2N/c1-2-10(9-17)11-4-3-5-13(8-11)14(15,16)12-6-7-12/h3-5,8,10,12H,2,6-7H2,1H3. The van der Waals surface area contributed by atoms with Gasteiger partial charge in [0.2, 0.25) is 0 Å². The van der Waals surface area contributed by atoms with Crippen LogP contribution in [0.25, 0.3) is 0 Å². The van der Waals surface area contributed by atoms with E-state index in [1.54, 1.807) is 12.1 Å². The summed E-state index contributed by atoms with van der Waals surface area (Å²) in [4.78, 5) is 0. The van der Waals surface area contributed by atoms with Gasteiger partial charge in [0.15, 0.2) is 0 Å². The van der Waals surface area contributed by atoms with Crippen LogP contribution in [0.1, 0.15) is 43.2 Å². The molecular formula is C14H15F2N. The number of halogens is 2. The fourth-order valence-corrected chi connectivity index (χ4v) is 2.05. The molecular weight excluding hydrogens is 220 g/mol. The van der Waals surface area contributed by atoms with Crippen LogP contribution in [-0.4, -0.2) is 0 Å². The average molecular weight is 235 g/mol. The van der Waals surface area contributed by atoms with Gasteiger partial charge in [0.05, 0.1) is 12.0 Å². The van der Waals surface area contributed by atoms with Crippen molar-refractivity contribution in [2.24, 2.45) is 5.92 Å². The van der Waals surface area contributed by atoms with Gasteiger partial charge < -0.3 is 0 Å². The first-order chi connectivity index (χ1) is 8.09. The molecule has 3 heteroatoms. The predicted molar refractivity (Wildman–Crippen MR) is 61.7 cm³/mol. The predicted octanol–water partition coefficient (Wildman–Crippen LogP) is 4.21. The largest absolute Gasteiger partial charge is 0.276 e. The molecule has 1 aliphatic carbocycles. The molecule has 1 aliphatic rings. The summed E-state index contributed by atoms with van der Waals surface area (Å²) in [6.45, 7) is 1.89. The van der Waals surface area contributed by atoms with Gasteiger partial charge in [-0.05, 0) is 30.9 Å². The Bertz CT molecular complexity index is 444. The zero-order chi connectivity index (χ0) is 12.5. The Morgan fingerprint density at radius 3 is 2.71 bits per heavy atom. The van der Waals surface area contributed by atoms with Crippen molar-refractivity contribution in [1.82, 2.24) is 0 Å². The van der Waals surface area contributed by atoms with Gasteiger partial charge in [-0.3, -0.25) is 0 Å². The fraction of sp³-hybridized carbons (Fsp3) is 0.500. The fourth-order valence-electron chi connectivity index (χ4n) is 2.05. The number of nitrogens with zero attached hydrogens (tertiary/aromatic N) is 1. The molecule has 1 fully saturated rings. The molecule has 0 saturated heterocycles. The number of rotatable bonds is 4. The molecule has 0 amide bonds. The highest BCUT2D eigenvalue weighted by Gasteiger charge is 2.47. The van der Waals surface area contributed by atoms with Crippen LogP contribution < -0.4 is 0 Å². The third-order valence-electron chi connectivity index (χ3n) is 3.33. The maximum atomic E-state index is 13.9. The van der Waals surface area contributed by atoms with E-state index in [1.165, 1.54) is 12.1 Å². The van der Waals surface area contributed by atoms with E-state index in [9.17, 15) is 8.78 Å². The highest BCUT2D eigenvalue weighted by Crippen LogP contribution is 2.49. The van der Waals surface area contributed by atoms with Crippen molar-refractivity contribution in [3.05, 3.63) is 35.4 Å². The van der Waals surface area contributed by atoms with Gasteiger partial charge in [-0.15, -0.1) is 0 Å². The van der Waals surface area contributed by atoms with Crippen LogP contribution >= 0.6 is 0 Å². The molecule has 0 N–H and O–H groups in total. The van der Waals surface area contributed by atoms with Crippen molar-refractivity contribution in [3.63, 3.8) is 0 Å².